The molecule has 0 bridgehead atoms. The lowest BCUT2D eigenvalue weighted by molar-refractivity contribution is -0.137. The Morgan fingerprint density at radius 3 is 2.15 bits per heavy atom. The van der Waals surface area contributed by atoms with E-state index in [0.29, 0.717) is 5.56 Å². The summed E-state index contributed by atoms with van der Waals surface area (Å²) in [6, 6.07) is 17.8. The molecule has 0 aliphatic carbocycles. The lowest BCUT2D eigenvalue weighted by Gasteiger charge is -2.08. The molecule has 0 fully saturated rings. The first-order valence-electron chi connectivity index (χ1n) is 8.63. The normalized spacial score (nSPS) is 12.0. The number of nitrogens with zero attached hydrogens (tertiary/aromatic N) is 1. The van der Waals surface area contributed by atoms with Crippen LogP contribution in [0.5, 0.6) is 0 Å². The van der Waals surface area contributed by atoms with Crippen molar-refractivity contribution in [1.29, 1.82) is 0 Å². The van der Waals surface area contributed by atoms with Crippen molar-refractivity contribution in [1.82, 2.24) is 4.57 Å². The summed E-state index contributed by atoms with van der Waals surface area (Å²) in [6.07, 6.45) is -4.41. The van der Waals surface area contributed by atoms with Crippen LogP contribution in [0.4, 0.5) is 13.2 Å². The second-order valence-corrected chi connectivity index (χ2v) is 6.40. The summed E-state index contributed by atoms with van der Waals surface area (Å²) in [4.78, 5) is 12.8. The minimum Gasteiger partial charge on any atom is -0.341 e. The molecule has 0 atom stereocenters. The highest BCUT2D eigenvalue weighted by molar-refractivity contribution is 6.14. The monoisotopic (exact) mass is 367 g/mol. The number of carbonyl (C=O) groups is 1. The van der Waals surface area contributed by atoms with Gasteiger partial charge in [0.25, 0.3) is 0 Å². The zero-order chi connectivity index (χ0) is 19.2. The maximum absolute atomic E-state index is 12.8. The van der Waals surface area contributed by atoms with Crippen LogP contribution in [-0.4, -0.2) is 10.4 Å². The van der Waals surface area contributed by atoms with Crippen LogP contribution >= 0.6 is 0 Å². The second kappa shape index (κ2) is 6.27. The average molecular weight is 367 g/mol. The van der Waals surface area contributed by atoms with Crippen molar-refractivity contribution in [2.24, 2.45) is 0 Å². The fourth-order valence-corrected chi connectivity index (χ4v) is 3.51. The van der Waals surface area contributed by atoms with Gasteiger partial charge in [0.05, 0.1) is 5.56 Å². The molecule has 4 aromatic rings. The van der Waals surface area contributed by atoms with Gasteiger partial charge in [0.2, 0.25) is 0 Å². The largest absolute Gasteiger partial charge is 0.416 e. The summed E-state index contributed by atoms with van der Waals surface area (Å²) >= 11 is 0. The maximum Gasteiger partial charge on any atom is 0.416 e. The number of halogens is 3. The van der Waals surface area contributed by atoms with Gasteiger partial charge in [0, 0.05) is 39.5 Å². The number of carbonyl (C=O) groups excluding carboxylic acids is 1. The smallest absolute Gasteiger partial charge is 0.341 e. The molecule has 3 aromatic carbocycles. The first-order valence-corrected chi connectivity index (χ1v) is 8.63. The quantitative estimate of drug-likeness (QED) is 0.403. The predicted octanol–water partition coefficient (Wildman–Crippen LogP) is 6.06. The van der Waals surface area contributed by atoms with E-state index in [2.05, 4.69) is 11.5 Å². The Balaban J connectivity index is 1.80. The van der Waals surface area contributed by atoms with Crippen molar-refractivity contribution in [3.05, 3.63) is 83.4 Å². The highest BCUT2D eigenvalue weighted by Gasteiger charge is 2.30. The summed E-state index contributed by atoms with van der Waals surface area (Å²) < 4.78 is 40.3. The summed E-state index contributed by atoms with van der Waals surface area (Å²) in [5.41, 5.74) is 2.06. The van der Waals surface area contributed by atoms with Gasteiger partial charge in [-0.3, -0.25) is 4.79 Å². The zero-order valence-corrected chi connectivity index (χ0v) is 14.5. The number of para-hydroxylation sites is 1. The molecule has 0 aliphatic heterocycles. The van der Waals surface area contributed by atoms with E-state index in [1.54, 1.807) is 6.07 Å². The summed E-state index contributed by atoms with van der Waals surface area (Å²) in [5, 5.41) is 2.02. The van der Waals surface area contributed by atoms with Crippen molar-refractivity contribution in [3.63, 3.8) is 0 Å². The van der Waals surface area contributed by atoms with E-state index >= 15 is 0 Å². The van der Waals surface area contributed by atoms with Gasteiger partial charge in [0.15, 0.2) is 5.78 Å². The number of ketones is 1. The summed E-state index contributed by atoms with van der Waals surface area (Å²) in [5.74, 6) is -0.293. The number of aryl methyl sites for hydroxylation is 1. The molecule has 0 radical (unpaired) electrons. The minimum atomic E-state index is -4.41. The first kappa shape index (κ1) is 17.3. The van der Waals surface area contributed by atoms with Gasteiger partial charge in [-0.05, 0) is 43.3 Å². The second-order valence-electron chi connectivity index (χ2n) is 6.40. The van der Waals surface area contributed by atoms with E-state index < -0.39 is 11.7 Å². The van der Waals surface area contributed by atoms with E-state index in [-0.39, 0.29) is 11.3 Å². The van der Waals surface area contributed by atoms with Crippen molar-refractivity contribution < 1.29 is 18.0 Å². The Bertz CT molecular complexity index is 1150. The van der Waals surface area contributed by atoms with Gasteiger partial charge in [-0.25, -0.2) is 0 Å². The van der Waals surface area contributed by atoms with Crippen LogP contribution in [0.25, 0.3) is 21.8 Å². The number of hydrogen-bond acceptors (Lipinski definition) is 1. The molecule has 2 nitrogen and oxygen atoms in total. The fourth-order valence-electron chi connectivity index (χ4n) is 3.51. The lowest BCUT2D eigenvalue weighted by Crippen LogP contribution is -2.06. The number of alkyl halides is 3. The molecule has 136 valence electrons. The van der Waals surface area contributed by atoms with Crippen LogP contribution in [0.3, 0.4) is 0 Å². The van der Waals surface area contributed by atoms with E-state index in [9.17, 15) is 18.0 Å². The van der Waals surface area contributed by atoms with Gasteiger partial charge in [0.1, 0.15) is 0 Å². The minimum absolute atomic E-state index is 0.238. The number of aromatic nitrogens is 1. The highest BCUT2D eigenvalue weighted by atomic mass is 19.4. The average Bonchev–Trinajstić information content (AvgIpc) is 3.00. The molecule has 0 amide bonds. The van der Waals surface area contributed by atoms with Crippen LogP contribution in [0.15, 0.2) is 66.7 Å². The predicted molar refractivity (Wildman–Crippen MR) is 100.0 cm³/mol. The molecular weight excluding hydrogens is 351 g/mol. The van der Waals surface area contributed by atoms with Gasteiger partial charge >= 0.3 is 6.18 Å². The van der Waals surface area contributed by atoms with Crippen LogP contribution < -0.4 is 0 Å². The number of hydrogen-bond donors (Lipinski definition) is 0. The lowest BCUT2D eigenvalue weighted by atomic mass is 10.00. The SMILES string of the molecule is CCn1c2ccccc2c2cc(C(=O)c3ccc(C(F)(F)F)cc3)ccc21. The molecule has 0 spiro atoms. The van der Waals surface area contributed by atoms with Crippen LogP contribution in [-0.2, 0) is 12.7 Å². The molecule has 5 heteroatoms. The van der Waals surface area contributed by atoms with E-state index in [0.717, 1.165) is 40.5 Å². The molecule has 0 saturated carbocycles. The van der Waals surface area contributed by atoms with Gasteiger partial charge < -0.3 is 4.57 Å². The molecular formula is C22H16F3NO. The van der Waals surface area contributed by atoms with Crippen LogP contribution in [0, 0.1) is 0 Å². The highest BCUT2D eigenvalue weighted by Crippen LogP contribution is 2.31. The third kappa shape index (κ3) is 2.89. The standard InChI is InChI=1S/C22H16F3NO/c1-2-26-19-6-4-3-5-17(19)18-13-15(9-12-20(18)26)21(27)14-7-10-16(11-8-14)22(23,24)25/h3-13H,2H2,1H3. The molecule has 27 heavy (non-hydrogen) atoms. The third-order valence-electron chi connectivity index (χ3n) is 4.83. The number of benzene rings is 3. The van der Waals surface area contributed by atoms with Gasteiger partial charge in [-0.15, -0.1) is 0 Å². The van der Waals surface area contributed by atoms with Crippen LogP contribution in [0.2, 0.25) is 0 Å². The molecule has 0 unspecified atom stereocenters. The Labute approximate surface area is 153 Å². The van der Waals surface area contributed by atoms with Crippen LogP contribution in [0.1, 0.15) is 28.4 Å². The Kier molecular flexibility index (Phi) is 4.02. The summed E-state index contributed by atoms with van der Waals surface area (Å²) in [6.45, 7) is 2.86. The zero-order valence-electron chi connectivity index (χ0n) is 14.5. The Hall–Kier alpha value is -3.08. The summed E-state index contributed by atoms with van der Waals surface area (Å²) in [7, 11) is 0. The van der Waals surface area contributed by atoms with Gasteiger partial charge in [-0.2, -0.15) is 13.2 Å². The molecule has 1 aromatic heterocycles. The van der Waals surface area contributed by atoms with Crippen molar-refractivity contribution in [2.75, 3.05) is 0 Å². The Morgan fingerprint density at radius 1 is 0.852 bits per heavy atom. The Morgan fingerprint density at radius 2 is 1.48 bits per heavy atom. The third-order valence-corrected chi connectivity index (χ3v) is 4.83. The molecule has 0 N–H and O–H groups in total. The molecule has 0 aliphatic rings. The van der Waals surface area contributed by atoms with E-state index in [4.69, 9.17) is 0 Å². The van der Waals surface area contributed by atoms with Gasteiger partial charge in [-0.1, -0.05) is 30.3 Å². The molecule has 0 saturated heterocycles. The van der Waals surface area contributed by atoms with E-state index in [1.807, 2.05) is 36.4 Å². The molecule has 1 heterocycles. The first-order chi connectivity index (χ1) is 12.9. The number of fused-ring (bicyclic) bond motifs is 3. The van der Waals surface area contributed by atoms with Crippen molar-refractivity contribution >= 4 is 27.6 Å². The topological polar surface area (TPSA) is 22.0 Å². The van der Waals surface area contributed by atoms with Crippen molar-refractivity contribution in [3.8, 4) is 0 Å². The molecule has 4 rings (SSSR count). The van der Waals surface area contributed by atoms with E-state index in [1.165, 1.54) is 12.1 Å². The van der Waals surface area contributed by atoms with Crippen molar-refractivity contribution in [2.45, 2.75) is 19.6 Å². The maximum atomic E-state index is 12.8. The fraction of sp³-hybridized carbons (Fsp3) is 0.136. The number of rotatable bonds is 3.